The summed E-state index contributed by atoms with van der Waals surface area (Å²) < 4.78 is 43.0. The molecule has 0 amide bonds. The van der Waals surface area contributed by atoms with Crippen molar-refractivity contribution in [2.24, 2.45) is 0 Å². The third-order valence-electron chi connectivity index (χ3n) is 7.31. The van der Waals surface area contributed by atoms with Gasteiger partial charge < -0.3 is 19.1 Å². The van der Waals surface area contributed by atoms with Gasteiger partial charge in [0.1, 0.15) is 24.1 Å². The van der Waals surface area contributed by atoms with Crippen LogP contribution in [0.3, 0.4) is 0 Å². The van der Waals surface area contributed by atoms with Crippen LogP contribution in [0.25, 0.3) is 22.3 Å². The van der Waals surface area contributed by atoms with Gasteiger partial charge >= 0.3 is 5.97 Å². The number of nitrogens with zero attached hydrogens (tertiary/aromatic N) is 3. The lowest BCUT2D eigenvalue weighted by Gasteiger charge is -2.15. The number of aromatic carboxylic acids is 1. The normalized spacial score (nSPS) is 14.9. The molecular formula is C32H26ClF2N3O4. The largest absolute Gasteiger partial charge is 0.478 e. The molecule has 1 aliphatic heterocycles. The Kier molecular flexibility index (Phi) is 7.86. The van der Waals surface area contributed by atoms with Gasteiger partial charge in [-0.25, -0.2) is 23.5 Å². The summed E-state index contributed by atoms with van der Waals surface area (Å²) in [4.78, 5) is 20.8. The van der Waals surface area contributed by atoms with Crippen LogP contribution >= 0.6 is 11.6 Å². The first-order valence-corrected chi connectivity index (χ1v) is 13.9. The van der Waals surface area contributed by atoms with Gasteiger partial charge in [-0.3, -0.25) is 0 Å². The first-order chi connectivity index (χ1) is 20.4. The molecule has 1 atom stereocenters. The van der Waals surface area contributed by atoms with E-state index in [4.69, 9.17) is 26.1 Å². The Labute approximate surface area is 245 Å². The molecule has 6 rings (SSSR count). The molecular weight excluding hydrogens is 564 g/mol. The minimum atomic E-state index is -1.01. The predicted octanol–water partition coefficient (Wildman–Crippen LogP) is 7.08. The molecule has 3 heterocycles. The fourth-order valence-electron chi connectivity index (χ4n) is 5.16. The predicted molar refractivity (Wildman–Crippen MR) is 154 cm³/mol. The quantitative estimate of drug-likeness (QED) is 0.198. The molecule has 0 aliphatic carbocycles. The van der Waals surface area contributed by atoms with E-state index in [-0.39, 0.29) is 40.3 Å². The summed E-state index contributed by atoms with van der Waals surface area (Å²) in [5.74, 6) is -1.06. The van der Waals surface area contributed by atoms with Crippen molar-refractivity contribution >= 4 is 28.6 Å². The maximum atomic E-state index is 15.4. The smallest absolute Gasteiger partial charge is 0.335 e. The maximum Gasteiger partial charge on any atom is 0.335 e. The molecule has 0 saturated carbocycles. The lowest BCUT2D eigenvalue weighted by Crippen LogP contribution is -2.17. The number of halogens is 3. The number of fused-ring (bicyclic) bond motifs is 1. The second kappa shape index (κ2) is 11.9. The molecule has 10 heteroatoms. The number of carboxylic acid groups (broad SMARTS) is 1. The highest BCUT2D eigenvalue weighted by atomic mass is 35.5. The lowest BCUT2D eigenvalue weighted by atomic mass is 10.1. The fraction of sp³-hybridized carbons (Fsp3) is 0.219. The second-order valence-electron chi connectivity index (χ2n) is 10.1. The topological polar surface area (TPSA) is 86.5 Å². The molecule has 1 unspecified atom stereocenters. The fourth-order valence-corrected chi connectivity index (χ4v) is 5.37. The van der Waals surface area contributed by atoms with E-state index in [0.29, 0.717) is 47.7 Å². The molecule has 0 bridgehead atoms. The number of ether oxygens (including phenoxy) is 2. The summed E-state index contributed by atoms with van der Waals surface area (Å²) in [5, 5.41) is 9.75. The zero-order valence-electron chi connectivity index (χ0n) is 22.4. The van der Waals surface area contributed by atoms with Crippen molar-refractivity contribution in [3.63, 3.8) is 0 Å². The van der Waals surface area contributed by atoms with E-state index in [1.807, 2.05) is 10.6 Å². The van der Waals surface area contributed by atoms with Gasteiger partial charge in [-0.05, 0) is 66.9 Å². The number of carbonyl (C=O) groups is 1. The Morgan fingerprint density at radius 2 is 1.90 bits per heavy atom. The number of rotatable bonds is 9. The van der Waals surface area contributed by atoms with E-state index in [1.165, 1.54) is 24.3 Å². The van der Waals surface area contributed by atoms with Crippen molar-refractivity contribution in [2.75, 3.05) is 6.61 Å². The summed E-state index contributed by atoms with van der Waals surface area (Å²) in [6.45, 7) is 1.10. The van der Waals surface area contributed by atoms with Crippen molar-refractivity contribution in [3.05, 3.63) is 112 Å². The first kappa shape index (κ1) is 27.8. The van der Waals surface area contributed by atoms with Gasteiger partial charge in [0.15, 0.2) is 0 Å². The van der Waals surface area contributed by atoms with Crippen LogP contribution in [-0.2, 0) is 24.3 Å². The zero-order valence-corrected chi connectivity index (χ0v) is 23.2. The monoisotopic (exact) mass is 589 g/mol. The Morgan fingerprint density at radius 3 is 2.67 bits per heavy atom. The average molecular weight is 590 g/mol. The summed E-state index contributed by atoms with van der Waals surface area (Å²) in [7, 11) is 0. The van der Waals surface area contributed by atoms with Crippen molar-refractivity contribution in [2.45, 2.75) is 38.5 Å². The Bertz CT molecular complexity index is 1770. The maximum absolute atomic E-state index is 15.4. The molecule has 0 spiro atoms. The Balaban J connectivity index is 1.25. The SMILES string of the molecule is O=C(O)c1ccc2nc(Cc3ccc(-c4cccc(OCc5c(F)cccc5Cl)n4)c(F)c3)n(CC3CCCO3)c2c1. The number of imidazole rings is 1. The number of benzene rings is 3. The van der Waals surface area contributed by atoms with Crippen molar-refractivity contribution in [1.82, 2.24) is 14.5 Å². The number of hydrogen-bond donors (Lipinski definition) is 1. The van der Waals surface area contributed by atoms with Crippen LogP contribution in [0.2, 0.25) is 5.02 Å². The van der Waals surface area contributed by atoms with Crippen molar-refractivity contribution in [3.8, 4) is 17.1 Å². The molecule has 42 heavy (non-hydrogen) atoms. The number of carboxylic acids is 1. The molecule has 3 aromatic carbocycles. The van der Waals surface area contributed by atoms with E-state index >= 15 is 4.39 Å². The van der Waals surface area contributed by atoms with Crippen LogP contribution in [0, 0.1) is 11.6 Å². The number of aromatic nitrogens is 3. The molecule has 5 aromatic rings. The third-order valence-corrected chi connectivity index (χ3v) is 7.66. The molecule has 1 saturated heterocycles. The molecule has 1 N–H and O–H groups in total. The second-order valence-corrected chi connectivity index (χ2v) is 10.5. The highest BCUT2D eigenvalue weighted by molar-refractivity contribution is 6.31. The molecule has 0 radical (unpaired) electrons. The summed E-state index contributed by atoms with van der Waals surface area (Å²) in [6.07, 6.45) is 2.21. The standard InChI is InChI=1S/C32H26ClF2N3O4/c33-24-5-1-6-25(34)23(24)18-42-31-8-2-7-27(37-31)22-11-9-19(14-26(22)35)15-30-36-28-12-10-20(32(39)40)16-29(28)38(30)17-21-4-3-13-41-21/h1-2,5-12,14,16,21H,3-4,13,15,17-18H2,(H,39,40). The summed E-state index contributed by atoms with van der Waals surface area (Å²) in [5.41, 5.74) is 3.11. The van der Waals surface area contributed by atoms with E-state index < -0.39 is 17.6 Å². The zero-order chi connectivity index (χ0) is 29.2. The van der Waals surface area contributed by atoms with Gasteiger partial charge in [-0.2, -0.15) is 0 Å². The van der Waals surface area contributed by atoms with Gasteiger partial charge in [-0.1, -0.05) is 29.8 Å². The highest BCUT2D eigenvalue weighted by Gasteiger charge is 2.21. The Hall–Kier alpha value is -4.34. The molecule has 2 aromatic heterocycles. The van der Waals surface area contributed by atoms with Gasteiger partial charge in [0.25, 0.3) is 0 Å². The van der Waals surface area contributed by atoms with Gasteiger partial charge in [0, 0.05) is 30.2 Å². The van der Waals surface area contributed by atoms with Gasteiger partial charge in [0.05, 0.1) is 40.0 Å². The van der Waals surface area contributed by atoms with Crippen LogP contribution in [-0.4, -0.2) is 38.3 Å². The number of pyridine rings is 1. The third kappa shape index (κ3) is 5.84. The number of hydrogen-bond acceptors (Lipinski definition) is 5. The van der Waals surface area contributed by atoms with Gasteiger partial charge in [-0.15, -0.1) is 0 Å². The Morgan fingerprint density at radius 1 is 1.05 bits per heavy atom. The van der Waals surface area contributed by atoms with E-state index in [9.17, 15) is 14.3 Å². The van der Waals surface area contributed by atoms with Gasteiger partial charge in [0.2, 0.25) is 5.88 Å². The van der Waals surface area contributed by atoms with Crippen LogP contribution in [0.15, 0.2) is 72.8 Å². The minimum absolute atomic E-state index is 0.00345. The molecule has 1 fully saturated rings. The van der Waals surface area contributed by atoms with Crippen molar-refractivity contribution in [1.29, 1.82) is 0 Å². The van der Waals surface area contributed by atoms with E-state index in [1.54, 1.807) is 42.5 Å². The van der Waals surface area contributed by atoms with E-state index in [2.05, 4.69) is 4.98 Å². The molecule has 214 valence electrons. The van der Waals surface area contributed by atoms with E-state index in [0.717, 1.165) is 12.8 Å². The molecule has 7 nitrogen and oxygen atoms in total. The van der Waals surface area contributed by atoms with Crippen LogP contribution in [0.1, 0.15) is 40.2 Å². The first-order valence-electron chi connectivity index (χ1n) is 13.5. The highest BCUT2D eigenvalue weighted by Crippen LogP contribution is 2.28. The van der Waals surface area contributed by atoms with Crippen LogP contribution in [0.4, 0.5) is 8.78 Å². The summed E-state index contributed by atoms with van der Waals surface area (Å²) >= 11 is 6.09. The lowest BCUT2D eigenvalue weighted by molar-refractivity contribution is 0.0697. The van der Waals surface area contributed by atoms with Crippen LogP contribution < -0.4 is 4.74 Å². The average Bonchev–Trinajstić information content (AvgIpc) is 3.61. The summed E-state index contributed by atoms with van der Waals surface area (Å²) in [6, 6.07) is 19.1. The van der Waals surface area contributed by atoms with Crippen molar-refractivity contribution < 1.29 is 28.2 Å². The minimum Gasteiger partial charge on any atom is -0.478 e. The van der Waals surface area contributed by atoms with Crippen LogP contribution in [0.5, 0.6) is 5.88 Å². The molecule has 1 aliphatic rings.